The summed E-state index contributed by atoms with van der Waals surface area (Å²) >= 11 is 0. The number of aromatic nitrogens is 2. The predicted octanol–water partition coefficient (Wildman–Crippen LogP) is 6.04. The van der Waals surface area contributed by atoms with Gasteiger partial charge in [0.15, 0.2) is 0 Å². The van der Waals surface area contributed by atoms with E-state index in [0.29, 0.717) is 5.92 Å². The first-order chi connectivity index (χ1) is 12.6. The fourth-order valence-electron chi connectivity index (χ4n) is 3.49. The number of aryl methyl sites for hydroxylation is 2. The summed E-state index contributed by atoms with van der Waals surface area (Å²) in [5.41, 5.74) is 7.99. The van der Waals surface area contributed by atoms with Gasteiger partial charge in [-0.3, -0.25) is 0 Å². The van der Waals surface area contributed by atoms with Gasteiger partial charge in [0, 0.05) is 18.7 Å². The topological polar surface area (TPSA) is 17.8 Å². The minimum absolute atomic E-state index is 0.313. The molecule has 0 aliphatic rings. The Morgan fingerprint density at radius 1 is 1.00 bits per heavy atom. The molecule has 0 radical (unpaired) electrons. The molecule has 26 heavy (non-hydrogen) atoms. The van der Waals surface area contributed by atoms with Gasteiger partial charge >= 0.3 is 0 Å². The molecule has 0 amide bonds. The van der Waals surface area contributed by atoms with E-state index in [2.05, 4.69) is 85.9 Å². The number of benzene rings is 2. The smallest absolute Gasteiger partial charge is 0.0952 e. The molecule has 1 heterocycles. The van der Waals surface area contributed by atoms with Crippen LogP contribution in [0.15, 0.2) is 55.0 Å². The van der Waals surface area contributed by atoms with E-state index in [4.69, 9.17) is 0 Å². The quantitative estimate of drug-likeness (QED) is 0.510. The van der Waals surface area contributed by atoms with Gasteiger partial charge in [0.2, 0.25) is 0 Å². The maximum atomic E-state index is 4.68. The molecular formula is C24H30N2. The maximum absolute atomic E-state index is 4.68. The van der Waals surface area contributed by atoms with Crippen LogP contribution in [0.5, 0.6) is 0 Å². The van der Waals surface area contributed by atoms with Gasteiger partial charge in [0.25, 0.3) is 0 Å². The zero-order valence-electron chi connectivity index (χ0n) is 16.5. The zero-order chi connectivity index (χ0) is 18.5. The van der Waals surface area contributed by atoms with Gasteiger partial charge in [-0.25, -0.2) is 4.98 Å². The molecule has 0 spiro atoms. The molecule has 0 saturated carbocycles. The molecule has 0 fully saturated rings. The Hall–Kier alpha value is -2.35. The van der Waals surface area contributed by atoms with Crippen molar-refractivity contribution in [3.05, 3.63) is 88.5 Å². The molecule has 3 rings (SSSR count). The second-order valence-electron chi connectivity index (χ2n) is 7.40. The first-order valence-electron chi connectivity index (χ1n) is 9.74. The monoisotopic (exact) mass is 346 g/mol. The maximum Gasteiger partial charge on any atom is 0.0952 e. The van der Waals surface area contributed by atoms with Crippen molar-refractivity contribution in [1.82, 2.24) is 9.55 Å². The van der Waals surface area contributed by atoms with Gasteiger partial charge in [0.1, 0.15) is 0 Å². The first kappa shape index (κ1) is 18.4. The highest BCUT2D eigenvalue weighted by Crippen LogP contribution is 2.27. The summed E-state index contributed by atoms with van der Waals surface area (Å²) in [7, 11) is 0. The van der Waals surface area contributed by atoms with Gasteiger partial charge in [-0.2, -0.15) is 0 Å². The van der Waals surface area contributed by atoms with E-state index < -0.39 is 0 Å². The van der Waals surface area contributed by atoms with Crippen LogP contribution in [0.2, 0.25) is 0 Å². The third kappa shape index (κ3) is 4.24. The standard InChI is InChI=1S/C24H30N2/c1-5-6-9-21-11-13-22(14-12-21)15-26-16-24(25-17-26)20(4)23-10-7-8-18(2)19(23)3/h7-8,10-14,16-17,20H,5-6,9,15H2,1-4H3. The van der Waals surface area contributed by atoms with Gasteiger partial charge in [-0.15, -0.1) is 0 Å². The minimum Gasteiger partial charge on any atom is -0.333 e. The van der Waals surface area contributed by atoms with Crippen LogP contribution in [0, 0.1) is 13.8 Å². The van der Waals surface area contributed by atoms with Gasteiger partial charge in [0.05, 0.1) is 12.0 Å². The molecule has 2 nitrogen and oxygen atoms in total. The van der Waals surface area contributed by atoms with Crippen molar-refractivity contribution in [1.29, 1.82) is 0 Å². The molecule has 3 aromatic rings. The second kappa shape index (κ2) is 8.35. The molecule has 0 N–H and O–H groups in total. The third-order valence-corrected chi connectivity index (χ3v) is 5.42. The lowest BCUT2D eigenvalue weighted by Gasteiger charge is -2.14. The lowest BCUT2D eigenvalue weighted by atomic mass is 9.92. The number of unbranched alkanes of at least 4 members (excludes halogenated alkanes) is 1. The lowest BCUT2D eigenvalue weighted by molar-refractivity contribution is 0.784. The average molecular weight is 347 g/mol. The van der Waals surface area contributed by atoms with Crippen molar-refractivity contribution in [3.8, 4) is 0 Å². The molecule has 0 saturated heterocycles. The molecule has 2 heteroatoms. The summed E-state index contributed by atoms with van der Waals surface area (Å²) in [6.45, 7) is 9.74. The molecule has 1 aromatic heterocycles. The molecule has 1 atom stereocenters. The van der Waals surface area contributed by atoms with E-state index in [9.17, 15) is 0 Å². The van der Waals surface area contributed by atoms with Crippen LogP contribution in [-0.2, 0) is 13.0 Å². The van der Waals surface area contributed by atoms with E-state index in [-0.39, 0.29) is 0 Å². The molecule has 2 aromatic carbocycles. The van der Waals surface area contributed by atoms with Crippen LogP contribution in [-0.4, -0.2) is 9.55 Å². The van der Waals surface area contributed by atoms with Gasteiger partial charge in [-0.1, -0.05) is 62.7 Å². The number of hydrogen-bond donors (Lipinski definition) is 0. The zero-order valence-corrected chi connectivity index (χ0v) is 16.5. The molecule has 1 unspecified atom stereocenters. The average Bonchev–Trinajstić information content (AvgIpc) is 3.11. The molecular weight excluding hydrogens is 316 g/mol. The molecule has 0 aliphatic carbocycles. The van der Waals surface area contributed by atoms with Gasteiger partial charge < -0.3 is 4.57 Å². The number of hydrogen-bond acceptors (Lipinski definition) is 1. The fourth-order valence-corrected chi connectivity index (χ4v) is 3.49. The second-order valence-corrected chi connectivity index (χ2v) is 7.40. The number of imidazole rings is 1. The number of rotatable bonds is 7. The highest BCUT2D eigenvalue weighted by Gasteiger charge is 2.14. The van der Waals surface area contributed by atoms with E-state index in [1.165, 1.54) is 47.1 Å². The Bertz CT molecular complexity index is 843. The van der Waals surface area contributed by atoms with Crippen molar-refractivity contribution in [2.24, 2.45) is 0 Å². The summed E-state index contributed by atoms with van der Waals surface area (Å²) < 4.78 is 2.19. The minimum atomic E-state index is 0.313. The molecule has 136 valence electrons. The molecule has 0 bridgehead atoms. The van der Waals surface area contributed by atoms with Gasteiger partial charge in [-0.05, 0) is 54.5 Å². The predicted molar refractivity (Wildman–Crippen MR) is 110 cm³/mol. The van der Waals surface area contributed by atoms with Crippen molar-refractivity contribution in [2.45, 2.75) is 59.4 Å². The Morgan fingerprint density at radius 2 is 1.73 bits per heavy atom. The van der Waals surface area contributed by atoms with Crippen LogP contribution in [0.3, 0.4) is 0 Å². The highest BCUT2D eigenvalue weighted by molar-refractivity contribution is 5.38. The summed E-state index contributed by atoms with van der Waals surface area (Å²) in [6.07, 6.45) is 7.84. The normalized spacial score (nSPS) is 12.3. The summed E-state index contributed by atoms with van der Waals surface area (Å²) in [5, 5.41) is 0. The summed E-state index contributed by atoms with van der Waals surface area (Å²) in [5.74, 6) is 0.313. The lowest BCUT2D eigenvalue weighted by Crippen LogP contribution is -2.01. The Kier molecular flexibility index (Phi) is 5.92. The van der Waals surface area contributed by atoms with E-state index in [1.807, 2.05) is 6.33 Å². The van der Waals surface area contributed by atoms with Crippen molar-refractivity contribution in [3.63, 3.8) is 0 Å². The first-order valence-corrected chi connectivity index (χ1v) is 9.74. The van der Waals surface area contributed by atoms with Crippen molar-refractivity contribution >= 4 is 0 Å². The Morgan fingerprint density at radius 3 is 2.46 bits per heavy atom. The Labute approximate surface area is 157 Å². The van der Waals surface area contributed by atoms with E-state index in [1.54, 1.807) is 0 Å². The number of nitrogens with zero attached hydrogens (tertiary/aromatic N) is 2. The van der Waals surface area contributed by atoms with Crippen molar-refractivity contribution in [2.75, 3.05) is 0 Å². The SMILES string of the molecule is CCCCc1ccc(Cn2cnc(C(C)c3cccc(C)c3C)c2)cc1. The van der Waals surface area contributed by atoms with Crippen LogP contribution < -0.4 is 0 Å². The molecule has 0 aliphatic heterocycles. The van der Waals surface area contributed by atoms with Crippen LogP contribution >= 0.6 is 0 Å². The van der Waals surface area contributed by atoms with E-state index >= 15 is 0 Å². The summed E-state index contributed by atoms with van der Waals surface area (Å²) in [6, 6.07) is 15.6. The highest BCUT2D eigenvalue weighted by atomic mass is 15.0. The largest absolute Gasteiger partial charge is 0.333 e. The van der Waals surface area contributed by atoms with E-state index in [0.717, 1.165) is 12.2 Å². The third-order valence-electron chi connectivity index (χ3n) is 5.42. The Balaban J connectivity index is 1.70. The van der Waals surface area contributed by atoms with Crippen LogP contribution in [0.25, 0.3) is 0 Å². The fraction of sp³-hybridized carbons (Fsp3) is 0.375. The summed E-state index contributed by atoms with van der Waals surface area (Å²) in [4.78, 5) is 4.68. The van der Waals surface area contributed by atoms with Crippen LogP contribution in [0.1, 0.15) is 66.1 Å². The van der Waals surface area contributed by atoms with Crippen molar-refractivity contribution < 1.29 is 0 Å². The van der Waals surface area contributed by atoms with Crippen LogP contribution in [0.4, 0.5) is 0 Å².